The molecule has 82 valence electrons. The molecule has 4 nitrogen and oxygen atoms in total. The van der Waals surface area contributed by atoms with Crippen LogP contribution in [0.25, 0.3) is 0 Å². The number of anilines is 1. The lowest BCUT2D eigenvalue weighted by Gasteiger charge is -2.15. The van der Waals surface area contributed by atoms with Gasteiger partial charge in [-0.1, -0.05) is 30.4 Å². The third-order valence-corrected chi connectivity index (χ3v) is 2.80. The number of urea groups is 1. The molecular formula is C11H11N3OS. The highest BCUT2D eigenvalue weighted by Gasteiger charge is 2.38. The fourth-order valence-electron chi connectivity index (χ4n) is 1.62. The van der Waals surface area contributed by atoms with Crippen molar-refractivity contribution in [1.82, 2.24) is 4.90 Å². The van der Waals surface area contributed by atoms with E-state index in [1.54, 1.807) is 12.1 Å². The summed E-state index contributed by atoms with van der Waals surface area (Å²) in [6.07, 6.45) is 0. The summed E-state index contributed by atoms with van der Waals surface area (Å²) in [5, 5.41) is 7.74. The molecule has 0 unspecified atom stereocenters. The van der Waals surface area contributed by atoms with Crippen molar-refractivity contribution >= 4 is 34.8 Å². The van der Waals surface area contributed by atoms with E-state index in [2.05, 4.69) is 0 Å². The van der Waals surface area contributed by atoms with Crippen LogP contribution < -0.4 is 4.90 Å². The summed E-state index contributed by atoms with van der Waals surface area (Å²) in [6, 6.07) is 8.90. The standard InChI is InChI=1S/C11H11N3OS/c1-2-13-9(12)10(16)14(11(13)15)8-6-4-3-5-7-8/h3-7,12H,2H2,1H3. The van der Waals surface area contributed by atoms with Crippen molar-refractivity contribution in [3.8, 4) is 0 Å². The normalized spacial score (nSPS) is 16.2. The molecule has 1 aromatic carbocycles. The molecular weight excluding hydrogens is 222 g/mol. The van der Waals surface area contributed by atoms with Crippen LogP contribution in [0.5, 0.6) is 0 Å². The van der Waals surface area contributed by atoms with Gasteiger partial charge in [-0.05, 0) is 19.1 Å². The molecule has 1 N–H and O–H groups in total. The van der Waals surface area contributed by atoms with Crippen molar-refractivity contribution in [1.29, 1.82) is 5.41 Å². The number of carbonyl (C=O) groups is 1. The average Bonchev–Trinajstić information content (AvgIpc) is 2.51. The average molecular weight is 233 g/mol. The van der Waals surface area contributed by atoms with Gasteiger partial charge in [-0.2, -0.15) is 0 Å². The molecule has 2 amide bonds. The minimum atomic E-state index is -0.247. The molecule has 0 bridgehead atoms. The molecule has 0 spiro atoms. The number of para-hydroxylation sites is 1. The highest BCUT2D eigenvalue weighted by Crippen LogP contribution is 2.22. The predicted molar refractivity (Wildman–Crippen MR) is 67.0 cm³/mol. The summed E-state index contributed by atoms with van der Waals surface area (Å²) in [5.74, 6) is 0.103. The van der Waals surface area contributed by atoms with Gasteiger partial charge in [0.25, 0.3) is 0 Å². The SMILES string of the molecule is CCN1C(=N)C(=S)N(c2ccccc2)C1=O. The fourth-order valence-corrected chi connectivity index (χ4v) is 1.92. The Kier molecular flexibility index (Phi) is 2.70. The number of likely N-dealkylation sites (N-methyl/N-ethyl adjacent to an activating group) is 1. The van der Waals surface area contributed by atoms with Gasteiger partial charge in [0.05, 0.1) is 5.69 Å². The van der Waals surface area contributed by atoms with Gasteiger partial charge in [-0.3, -0.25) is 10.3 Å². The largest absolute Gasteiger partial charge is 0.335 e. The molecule has 1 heterocycles. The molecule has 16 heavy (non-hydrogen) atoms. The van der Waals surface area contributed by atoms with Crippen LogP contribution in [0, 0.1) is 5.41 Å². The lowest BCUT2D eigenvalue weighted by molar-refractivity contribution is 0.234. The Morgan fingerprint density at radius 2 is 1.94 bits per heavy atom. The summed E-state index contributed by atoms with van der Waals surface area (Å²) >= 11 is 5.10. The molecule has 2 rings (SSSR count). The molecule has 5 heteroatoms. The van der Waals surface area contributed by atoms with Gasteiger partial charge < -0.3 is 0 Å². The predicted octanol–water partition coefficient (Wildman–Crippen LogP) is 2.25. The zero-order valence-electron chi connectivity index (χ0n) is 8.80. The second-order valence-corrected chi connectivity index (χ2v) is 3.74. The van der Waals surface area contributed by atoms with Gasteiger partial charge >= 0.3 is 6.03 Å². The second kappa shape index (κ2) is 4.02. The second-order valence-electron chi connectivity index (χ2n) is 3.35. The monoisotopic (exact) mass is 233 g/mol. The number of carbonyl (C=O) groups excluding carboxylic acids is 1. The Balaban J connectivity index is 2.41. The zero-order valence-corrected chi connectivity index (χ0v) is 9.62. The molecule has 1 aliphatic rings. The summed E-state index contributed by atoms with van der Waals surface area (Å²) in [5.41, 5.74) is 0.707. The maximum Gasteiger partial charge on any atom is 0.335 e. The number of nitrogens with one attached hydrogen (secondary N) is 1. The molecule has 1 saturated heterocycles. The van der Waals surface area contributed by atoms with Crippen molar-refractivity contribution in [3.63, 3.8) is 0 Å². The van der Waals surface area contributed by atoms with E-state index in [1.807, 2.05) is 25.1 Å². The van der Waals surface area contributed by atoms with E-state index in [4.69, 9.17) is 17.6 Å². The Bertz CT molecular complexity index is 458. The van der Waals surface area contributed by atoms with Crippen LogP contribution in [0.3, 0.4) is 0 Å². The number of thiocarbonyl (C=S) groups is 1. The van der Waals surface area contributed by atoms with Crippen molar-refractivity contribution in [2.45, 2.75) is 6.92 Å². The number of benzene rings is 1. The minimum absolute atomic E-state index is 0.103. The number of amides is 2. The van der Waals surface area contributed by atoms with Crippen molar-refractivity contribution in [2.75, 3.05) is 11.4 Å². The summed E-state index contributed by atoms with van der Waals surface area (Å²) in [7, 11) is 0. The molecule has 1 aliphatic heterocycles. The topological polar surface area (TPSA) is 47.4 Å². The Morgan fingerprint density at radius 1 is 1.31 bits per heavy atom. The van der Waals surface area contributed by atoms with E-state index >= 15 is 0 Å². The van der Waals surface area contributed by atoms with Crippen LogP contribution >= 0.6 is 12.2 Å². The molecule has 1 aromatic rings. The highest BCUT2D eigenvalue weighted by atomic mass is 32.1. The summed E-state index contributed by atoms with van der Waals surface area (Å²) in [6.45, 7) is 2.28. The molecule has 0 saturated carbocycles. The summed E-state index contributed by atoms with van der Waals surface area (Å²) < 4.78 is 0. The van der Waals surface area contributed by atoms with Gasteiger partial charge in [-0.15, -0.1) is 0 Å². The van der Waals surface area contributed by atoms with Crippen molar-refractivity contribution in [2.24, 2.45) is 0 Å². The number of amidine groups is 1. The smallest absolute Gasteiger partial charge is 0.282 e. The van der Waals surface area contributed by atoms with Crippen LogP contribution in [-0.2, 0) is 0 Å². The number of hydrogen-bond acceptors (Lipinski definition) is 3. The molecule has 0 radical (unpaired) electrons. The molecule has 0 aromatic heterocycles. The van der Waals surface area contributed by atoms with Crippen LogP contribution in [-0.4, -0.2) is 28.3 Å². The van der Waals surface area contributed by atoms with Gasteiger partial charge in [-0.25, -0.2) is 9.69 Å². The first-order valence-corrected chi connectivity index (χ1v) is 5.37. The lowest BCUT2D eigenvalue weighted by Crippen LogP contribution is -2.32. The van der Waals surface area contributed by atoms with E-state index in [9.17, 15) is 4.79 Å². The van der Waals surface area contributed by atoms with E-state index in [0.29, 0.717) is 12.2 Å². The van der Waals surface area contributed by atoms with E-state index in [1.165, 1.54) is 9.80 Å². The molecule has 0 atom stereocenters. The van der Waals surface area contributed by atoms with E-state index < -0.39 is 0 Å². The third kappa shape index (κ3) is 1.49. The first-order valence-electron chi connectivity index (χ1n) is 4.96. The zero-order chi connectivity index (χ0) is 11.7. The quantitative estimate of drug-likeness (QED) is 0.796. The van der Waals surface area contributed by atoms with Crippen LogP contribution in [0.4, 0.5) is 10.5 Å². The Labute approximate surface area is 99.0 Å². The van der Waals surface area contributed by atoms with Gasteiger partial charge in [0.2, 0.25) is 0 Å². The van der Waals surface area contributed by atoms with Crippen LogP contribution in [0.1, 0.15) is 6.92 Å². The Hall–Kier alpha value is -1.75. The van der Waals surface area contributed by atoms with Crippen molar-refractivity contribution in [3.05, 3.63) is 30.3 Å². The first kappa shape index (κ1) is 10.8. The van der Waals surface area contributed by atoms with Gasteiger partial charge in [0.15, 0.2) is 10.8 Å². The maximum absolute atomic E-state index is 12.0. The fraction of sp³-hybridized carbons (Fsp3) is 0.182. The number of rotatable bonds is 2. The minimum Gasteiger partial charge on any atom is -0.282 e. The number of nitrogens with zero attached hydrogens (tertiary/aromatic N) is 2. The summed E-state index contributed by atoms with van der Waals surface area (Å²) in [4.78, 5) is 15.0. The lowest BCUT2D eigenvalue weighted by atomic mass is 10.3. The van der Waals surface area contributed by atoms with E-state index in [0.717, 1.165) is 0 Å². The van der Waals surface area contributed by atoms with Gasteiger partial charge in [0, 0.05) is 6.54 Å². The molecule has 0 aliphatic carbocycles. The molecule has 1 fully saturated rings. The van der Waals surface area contributed by atoms with E-state index in [-0.39, 0.29) is 16.9 Å². The third-order valence-electron chi connectivity index (χ3n) is 2.43. The maximum atomic E-state index is 12.0. The van der Waals surface area contributed by atoms with Crippen LogP contribution in [0.2, 0.25) is 0 Å². The van der Waals surface area contributed by atoms with Gasteiger partial charge in [0.1, 0.15) is 0 Å². The highest BCUT2D eigenvalue weighted by molar-refractivity contribution is 7.82. The number of hydrogen-bond donors (Lipinski definition) is 1. The van der Waals surface area contributed by atoms with Crippen LogP contribution in [0.15, 0.2) is 30.3 Å². The van der Waals surface area contributed by atoms with Crippen molar-refractivity contribution < 1.29 is 4.79 Å². The first-order chi connectivity index (χ1) is 7.66. The Morgan fingerprint density at radius 3 is 2.44 bits per heavy atom.